The smallest absolute Gasteiger partial charge is 0.228 e. The van der Waals surface area contributed by atoms with E-state index in [9.17, 15) is 4.79 Å². The van der Waals surface area contributed by atoms with Crippen LogP contribution in [0.1, 0.15) is 37.8 Å². The topological polar surface area (TPSA) is 84.1 Å². The number of amides is 1. The number of aromatic nitrogens is 2. The van der Waals surface area contributed by atoms with Crippen LogP contribution in [0, 0.1) is 5.41 Å². The van der Waals surface area contributed by atoms with Gasteiger partial charge in [-0.1, -0.05) is 30.3 Å². The van der Waals surface area contributed by atoms with Gasteiger partial charge in [-0.15, -0.1) is 11.3 Å². The number of piperidine rings is 1. The third kappa shape index (κ3) is 5.16. The molecule has 7 heteroatoms. The largest absolute Gasteiger partial charge is 0.368 e. The van der Waals surface area contributed by atoms with E-state index in [-0.39, 0.29) is 17.9 Å². The Morgan fingerprint density at radius 3 is 2.72 bits per heavy atom. The molecular formula is C25H31N5OS. The van der Waals surface area contributed by atoms with Crippen LogP contribution in [0.15, 0.2) is 54.2 Å². The summed E-state index contributed by atoms with van der Waals surface area (Å²) >= 11 is 1.74. The van der Waals surface area contributed by atoms with Gasteiger partial charge in [0.1, 0.15) is 0 Å². The highest BCUT2D eigenvalue weighted by molar-refractivity contribution is 7.13. The van der Waals surface area contributed by atoms with Crippen LogP contribution < -0.4 is 11.1 Å². The molecule has 0 bridgehead atoms. The van der Waals surface area contributed by atoms with E-state index in [1.54, 1.807) is 23.7 Å². The number of anilines is 1. The maximum absolute atomic E-state index is 13.6. The summed E-state index contributed by atoms with van der Waals surface area (Å²) in [5.74, 6) is 0.426. The molecule has 3 N–H and O–H groups in total. The van der Waals surface area contributed by atoms with Gasteiger partial charge in [0.15, 0.2) is 0 Å². The Balaban J connectivity index is 1.63. The van der Waals surface area contributed by atoms with Crippen LogP contribution in [0.4, 0.5) is 5.95 Å². The summed E-state index contributed by atoms with van der Waals surface area (Å²) in [6, 6.07) is 12.8. The molecule has 3 aromatic rings. The van der Waals surface area contributed by atoms with Crippen molar-refractivity contribution < 1.29 is 4.79 Å². The standard InChI is InChI=1S/C25H31N5OS/c1-18(2)29-23(31)25(13-20-7-3-4-8-21(20)22-9-5-12-32-22)10-6-11-30(17-25)16-19-14-27-24(26)28-15-19/h3-5,7-9,12,14-15,18H,6,10-11,13,16-17H2,1-2H3,(H,29,31)(H2,26,27,28)/t25-/m1/s1. The zero-order chi connectivity index (χ0) is 22.6. The van der Waals surface area contributed by atoms with Crippen LogP contribution in [0.2, 0.25) is 0 Å². The zero-order valence-corrected chi connectivity index (χ0v) is 19.6. The molecule has 1 aliphatic rings. The first-order valence-corrected chi connectivity index (χ1v) is 12.0. The van der Waals surface area contributed by atoms with Crippen molar-refractivity contribution in [2.45, 2.75) is 45.7 Å². The number of nitrogens with two attached hydrogens (primary N) is 1. The molecule has 0 radical (unpaired) electrons. The molecule has 1 aromatic carbocycles. The third-order valence-electron chi connectivity index (χ3n) is 6.02. The van der Waals surface area contributed by atoms with E-state index in [0.717, 1.165) is 24.9 Å². The average Bonchev–Trinajstić information content (AvgIpc) is 3.30. The lowest BCUT2D eigenvalue weighted by Gasteiger charge is -2.42. The van der Waals surface area contributed by atoms with Crippen LogP contribution in [0.5, 0.6) is 0 Å². The minimum atomic E-state index is -0.482. The van der Waals surface area contributed by atoms with Gasteiger partial charge in [-0.2, -0.15) is 0 Å². The molecule has 4 rings (SSSR count). The molecule has 0 saturated carbocycles. The number of likely N-dealkylation sites (tertiary alicyclic amines) is 1. The molecule has 6 nitrogen and oxygen atoms in total. The molecule has 168 valence electrons. The van der Waals surface area contributed by atoms with E-state index in [1.165, 1.54) is 16.0 Å². The van der Waals surface area contributed by atoms with Crippen molar-refractivity contribution in [3.8, 4) is 10.4 Å². The number of carbonyl (C=O) groups excluding carboxylic acids is 1. The van der Waals surface area contributed by atoms with Gasteiger partial charge in [-0.25, -0.2) is 9.97 Å². The summed E-state index contributed by atoms with van der Waals surface area (Å²) < 4.78 is 0. The van der Waals surface area contributed by atoms with Gasteiger partial charge in [0.25, 0.3) is 0 Å². The molecule has 1 atom stereocenters. The Hall–Kier alpha value is -2.77. The summed E-state index contributed by atoms with van der Waals surface area (Å²) in [5.41, 5.74) is 8.63. The van der Waals surface area contributed by atoms with E-state index >= 15 is 0 Å². The molecule has 32 heavy (non-hydrogen) atoms. The molecule has 0 aliphatic carbocycles. The Morgan fingerprint density at radius 1 is 1.22 bits per heavy atom. The van der Waals surface area contributed by atoms with Crippen LogP contribution in [-0.2, 0) is 17.8 Å². The number of thiophene rings is 1. The minimum absolute atomic E-state index is 0.104. The van der Waals surface area contributed by atoms with E-state index in [1.807, 2.05) is 13.8 Å². The fraction of sp³-hybridized carbons (Fsp3) is 0.400. The monoisotopic (exact) mass is 449 g/mol. The highest BCUT2D eigenvalue weighted by Crippen LogP contribution is 2.38. The normalized spacial score (nSPS) is 19.2. The number of hydrogen-bond donors (Lipinski definition) is 2. The molecule has 1 amide bonds. The van der Waals surface area contributed by atoms with E-state index < -0.39 is 5.41 Å². The van der Waals surface area contributed by atoms with Gasteiger partial charge >= 0.3 is 0 Å². The van der Waals surface area contributed by atoms with Crippen LogP contribution in [0.25, 0.3) is 10.4 Å². The molecule has 0 spiro atoms. The Kier molecular flexibility index (Phi) is 6.86. The van der Waals surface area contributed by atoms with Crippen LogP contribution in [0.3, 0.4) is 0 Å². The van der Waals surface area contributed by atoms with E-state index in [0.29, 0.717) is 19.5 Å². The second-order valence-corrected chi connectivity index (χ2v) is 9.93. The van der Waals surface area contributed by atoms with Crippen molar-refractivity contribution in [1.82, 2.24) is 20.2 Å². The summed E-state index contributed by atoms with van der Waals surface area (Å²) in [4.78, 5) is 25.4. The number of nitrogens with one attached hydrogen (secondary N) is 1. The predicted molar refractivity (Wildman–Crippen MR) is 130 cm³/mol. The highest BCUT2D eigenvalue weighted by Gasteiger charge is 2.42. The number of carbonyl (C=O) groups is 1. The fourth-order valence-corrected chi connectivity index (χ4v) is 5.39. The maximum atomic E-state index is 13.6. The first-order valence-electron chi connectivity index (χ1n) is 11.2. The minimum Gasteiger partial charge on any atom is -0.368 e. The molecule has 1 fully saturated rings. The molecule has 2 aromatic heterocycles. The average molecular weight is 450 g/mol. The number of nitrogens with zero attached hydrogens (tertiary/aromatic N) is 3. The molecule has 0 unspecified atom stereocenters. The van der Waals surface area contributed by atoms with Crippen molar-refractivity contribution in [3.05, 3.63) is 65.3 Å². The number of benzene rings is 1. The van der Waals surface area contributed by atoms with Gasteiger partial charge in [0, 0.05) is 42.0 Å². The Morgan fingerprint density at radius 2 is 2.00 bits per heavy atom. The van der Waals surface area contributed by atoms with Crippen molar-refractivity contribution in [2.75, 3.05) is 18.8 Å². The lowest BCUT2D eigenvalue weighted by Crippen LogP contribution is -2.54. The molecule has 1 aliphatic heterocycles. The van der Waals surface area contributed by atoms with Gasteiger partial charge in [0.05, 0.1) is 5.41 Å². The fourth-order valence-electron chi connectivity index (χ4n) is 4.60. The summed E-state index contributed by atoms with van der Waals surface area (Å²) in [7, 11) is 0. The van der Waals surface area contributed by atoms with Crippen molar-refractivity contribution in [3.63, 3.8) is 0 Å². The van der Waals surface area contributed by atoms with E-state index in [4.69, 9.17) is 5.73 Å². The van der Waals surface area contributed by atoms with Crippen molar-refractivity contribution in [1.29, 1.82) is 0 Å². The van der Waals surface area contributed by atoms with Gasteiger partial charge in [-0.3, -0.25) is 9.69 Å². The second kappa shape index (κ2) is 9.79. The van der Waals surface area contributed by atoms with Crippen LogP contribution >= 0.6 is 11.3 Å². The zero-order valence-electron chi connectivity index (χ0n) is 18.8. The van der Waals surface area contributed by atoms with Gasteiger partial charge < -0.3 is 11.1 Å². The van der Waals surface area contributed by atoms with Crippen molar-refractivity contribution >= 4 is 23.2 Å². The predicted octanol–water partition coefficient (Wildman–Crippen LogP) is 4.14. The SMILES string of the molecule is CC(C)NC(=O)[C@@]1(Cc2ccccc2-c2cccs2)CCCN(Cc2cnc(N)nc2)C1. The molecular weight excluding hydrogens is 418 g/mol. The Bertz CT molecular complexity index is 1030. The summed E-state index contributed by atoms with van der Waals surface area (Å²) in [6.07, 6.45) is 6.12. The molecule has 1 saturated heterocycles. The van der Waals surface area contributed by atoms with Gasteiger partial charge in [0.2, 0.25) is 11.9 Å². The first-order chi connectivity index (χ1) is 15.4. The van der Waals surface area contributed by atoms with Crippen LogP contribution in [-0.4, -0.2) is 39.9 Å². The third-order valence-corrected chi connectivity index (χ3v) is 6.92. The summed E-state index contributed by atoms with van der Waals surface area (Å²) in [5, 5.41) is 5.32. The second-order valence-electron chi connectivity index (χ2n) is 8.98. The Labute approximate surface area is 193 Å². The highest BCUT2D eigenvalue weighted by atomic mass is 32.1. The van der Waals surface area contributed by atoms with E-state index in [2.05, 4.69) is 62.0 Å². The number of nitrogen functional groups attached to an aromatic ring is 1. The summed E-state index contributed by atoms with van der Waals surface area (Å²) in [6.45, 7) is 6.42. The van der Waals surface area contributed by atoms with Gasteiger partial charge in [-0.05, 0) is 62.2 Å². The number of hydrogen-bond acceptors (Lipinski definition) is 6. The quantitative estimate of drug-likeness (QED) is 0.566. The molecule has 3 heterocycles. The maximum Gasteiger partial charge on any atom is 0.228 e. The lowest BCUT2D eigenvalue weighted by atomic mass is 9.73. The lowest BCUT2D eigenvalue weighted by molar-refractivity contribution is -0.135. The first kappa shape index (κ1) is 22.4. The van der Waals surface area contributed by atoms with Crippen molar-refractivity contribution in [2.24, 2.45) is 5.41 Å². The number of rotatable bonds is 7.